The molecule has 1 rings (SSSR count). The second-order valence-electron chi connectivity index (χ2n) is 4.28. The van der Waals surface area contributed by atoms with Crippen molar-refractivity contribution in [1.82, 2.24) is 5.32 Å². The maximum Gasteiger partial charge on any atom is 0.127 e. The van der Waals surface area contributed by atoms with E-state index < -0.39 is 0 Å². The SMILES string of the molecule is C/C=C/COc1cc(OCCC)ccc1CNCC. The van der Waals surface area contributed by atoms with Gasteiger partial charge < -0.3 is 14.8 Å². The van der Waals surface area contributed by atoms with E-state index in [9.17, 15) is 0 Å². The first-order chi connectivity index (χ1) is 9.31. The predicted molar refractivity (Wildman–Crippen MR) is 79.9 cm³/mol. The molecule has 0 aliphatic heterocycles. The maximum absolute atomic E-state index is 5.79. The van der Waals surface area contributed by atoms with Crippen LogP contribution in [0.25, 0.3) is 0 Å². The predicted octanol–water partition coefficient (Wildman–Crippen LogP) is 3.54. The molecule has 0 bridgehead atoms. The molecule has 3 heteroatoms. The van der Waals surface area contributed by atoms with Crippen molar-refractivity contribution in [1.29, 1.82) is 0 Å². The Bertz CT molecular complexity index is 388. The Kier molecular flexibility index (Phi) is 7.75. The standard InChI is InChI=1S/C16H25NO2/c1-4-7-11-19-16-12-15(18-10-5-2)9-8-14(16)13-17-6-3/h4,7-9,12,17H,5-6,10-11,13H2,1-3H3/b7-4+. The third kappa shape index (κ3) is 5.79. The van der Waals surface area contributed by atoms with E-state index in [0.29, 0.717) is 6.61 Å². The number of rotatable bonds is 9. The smallest absolute Gasteiger partial charge is 0.127 e. The molecule has 106 valence electrons. The number of benzene rings is 1. The van der Waals surface area contributed by atoms with Gasteiger partial charge in [-0.25, -0.2) is 0 Å². The minimum Gasteiger partial charge on any atom is -0.493 e. The summed E-state index contributed by atoms with van der Waals surface area (Å²) in [4.78, 5) is 0. The highest BCUT2D eigenvalue weighted by atomic mass is 16.5. The van der Waals surface area contributed by atoms with Crippen LogP contribution in [0.2, 0.25) is 0 Å². The largest absolute Gasteiger partial charge is 0.493 e. The van der Waals surface area contributed by atoms with Gasteiger partial charge in [-0.15, -0.1) is 0 Å². The van der Waals surface area contributed by atoms with E-state index in [2.05, 4.69) is 25.2 Å². The summed E-state index contributed by atoms with van der Waals surface area (Å²) in [6, 6.07) is 6.05. The van der Waals surface area contributed by atoms with Crippen molar-refractivity contribution in [2.75, 3.05) is 19.8 Å². The summed E-state index contributed by atoms with van der Waals surface area (Å²) in [6.07, 6.45) is 4.99. The summed E-state index contributed by atoms with van der Waals surface area (Å²) in [5.74, 6) is 1.77. The van der Waals surface area contributed by atoms with Crippen LogP contribution >= 0.6 is 0 Å². The van der Waals surface area contributed by atoms with Gasteiger partial charge in [0.2, 0.25) is 0 Å². The lowest BCUT2D eigenvalue weighted by atomic mass is 10.2. The number of allylic oxidation sites excluding steroid dienone is 1. The fourth-order valence-corrected chi connectivity index (χ4v) is 1.62. The molecule has 0 saturated carbocycles. The molecular formula is C16H25NO2. The van der Waals surface area contributed by atoms with E-state index in [4.69, 9.17) is 9.47 Å². The lowest BCUT2D eigenvalue weighted by Gasteiger charge is -2.13. The van der Waals surface area contributed by atoms with Gasteiger partial charge in [0.15, 0.2) is 0 Å². The third-order valence-corrected chi connectivity index (χ3v) is 2.65. The van der Waals surface area contributed by atoms with Crippen molar-refractivity contribution in [2.45, 2.75) is 33.7 Å². The molecule has 0 radical (unpaired) electrons. The molecule has 0 aliphatic carbocycles. The van der Waals surface area contributed by atoms with Crippen molar-refractivity contribution in [3.05, 3.63) is 35.9 Å². The van der Waals surface area contributed by atoms with Gasteiger partial charge in [-0.3, -0.25) is 0 Å². The van der Waals surface area contributed by atoms with Crippen LogP contribution in [0.5, 0.6) is 11.5 Å². The fraction of sp³-hybridized carbons (Fsp3) is 0.500. The van der Waals surface area contributed by atoms with Gasteiger partial charge in [-0.2, -0.15) is 0 Å². The normalized spacial score (nSPS) is 10.9. The first kappa shape index (κ1) is 15.6. The van der Waals surface area contributed by atoms with Gasteiger partial charge in [-0.1, -0.05) is 32.1 Å². The maximum atomic E-state index is 5.79. The zero-order valence-electron chi connectivity index (χ0n) is 12.2. The molecule has 0 aromatic heterocycles. The molecule has 3 nitrogen and oxygen atoms in total. The van der Waals surface area contributed by atoms with Crippen molar-refractivity contribution in [3.8, 4) is 11.5 Å². The fourth-order valence-electron chi connectivity index (χ4n) is 1.62. The summed E-state index contributed by atoms with van der Waals surface area (Å²) < 4.78 is 11.4. The Morgan fingerprint density at radius 2 is 2.05 bits per heavy atom. The molecule has 0 fully saturated rings. The lowest BCUT2D eigenvalue weighted by Crippen LogP contribution is -2.13. The van der Waals surface area contributed by atoms with Crippen molar-refractivity contribution < 1.29 is 9.47 Å². The second-order valence-corrected chi connectivity index (χ2v) is 4.28. The molecule has 0 aliphatic rings. The Morgan fingerprint density at radius 1 is 1.21 bits per heavy atom. The van der Waals surface area contributed by atoms with Gasteiger partial charge in [0, 0.05) is 18.2 Å². The van der Waals surface area contributed by atoms with Crippen LogP contribution in [-0.2, 0) is 6.54 Å². The highest BCUT2D eigenvalue weighted by Gasteiger charge is 2.05. The molecule has 0 heterocycles. The topological polar surface area (TPSA) is 30.5 Å². The van der Waals surface area contributed by atoms with Crippen LogP contribution in [0, 0.1) is 0 Å². The minimum atomic E-state index is 0.590. The average molecular weight is 263 g/mol. The van der Waals surface area contributed by atoms with E-state index in [1.807, 2.05) is 31.2 Å². The molecule has 1 aromatic rings. The quantitative estimate of drug-likeness (QED) is 0.691. The van der Waals surface area contributed by atoms with Crippen LogP contribution in [0.15, 0.2) is 30.4 Å². The van der Waals surface area contributed by atoms with Crippen molar-refractivity contribution in [2.24, 2.45) is 0 Å². The number of nitrogens with one attached hydrogen (secondary N) is 1. The minimum absolute atomic E-state index is 0.590. The molecule has 0 saturated heterocycles. The lowest BCUT2D eigenvalue weighted by molar-refractivity contribution is 0.311. The average Bonchev–Trinajstić information content (AvgIpc) is 2.44. The summed E-state index contributed by atoms with van der Waals surface area (Å²) in [5.41, 5.74) is 1.16. The van der Waals surface area contributed by atoms with Crippen molar-refractivity contribution in [3.63, 3.8) is 0 Å². The first-order valence-electron chi connectivity index (χ1n) is 7.02. The van der Waals surface area contributed by atoms with E-state index in [1.54, 1.807) is 0 Å². The third-order valence-electron chi connectivity index (χ3n) is 2.65. The molecular weight excluding hydrogens is 238 g/mol. The van der Waals surface area contributed by atoms with Crippen LogP contribution in [0.1, 0.15) is 32.8 Å². The van der Waals surface area contributed by atoms with Gasteiger partial charge in [0.1, 0.15) is 18.1 Å². The molecule has 0 atom stereocenters. The van der Waals surface area contributed by atoms with E-state index in [1.165, 1.54) is 0 Å². The van der Waals surface area contributed by atoms with Crippen LogP contribution in [-0.4, -0.2) is 19.8 Å². The summed E-state index contributed by atoms with van der Waals surface area (Å²) in [7, 11) is 0. The van der Waals surface area contributed by atoms with Gasteiger partial charge in [0.25, 0.3) is 0 Å². The first-order valence-corrected chi connectivity index (χ1v) is 7.02. The molecule has 0 spiro atoms. The summed E-state index contributed by atoms with van der Waals surface area (Å²) >= 11 is 0. The van der Waals surface area contributed by atoms with Crippen molar-refractivity contribution >= 4 is 0 Å². The Morgan fingerprint density at radius 3 is 2.74 bits per heavy atom. The van der Waals surface area contributed by atoms with E-state index in [-0.39, 0.29) is 0 Å². The monoisotopic (exact) mass is 263 g/mol. The molecule has 0 amide bonds. The highest BCUT2D eigenvalue weighted by molar-refractivity contribution is 5.40. The molecule has 19 heavy (non-hydrogen) atoms. The Balaban J connectivity index is 2.76. The van der Waals surface area contributed by atoms with E-state index in [0.717, 1.165) is 43.2 Å². The second kappa shape index (κ2) is 9.45. The Hall–Kier alpha value is -1.48. The number of ether oxygens (including phenoxy) is 2. The molecule has 1 aromatic carbocycles. The van der Waals surface area contributed by atoms with Gasteiger partial charge in [0.05, 0.1) is 6.61 Å². The van der Waals surface area contributed by atoms with Crippen LogP contribution in [0.3, 0.4) is 0 Å². The molecule has 1 N–H and O–H groups in total. The summed E-state index contributed by atoms with van der Waals surface area (Å²) in [6.45, 7) is 9.28. The Labute approximate surface area is 116 Å². The van der Waals surface area contributed by atoms with Crippen LogP contribution < -0.4 is 14.8 Å². The van der Waals surface area contributed by atoms with Gasteiger partial charge >= 0.3 is 0 Å². The number of hydrogen-bond donors (Lipinski definition) is 1. The number of hydrogen-bond acceptors (Lipinski definition) is 3. The highest BCUT2D eigenvalue weighted by Crippen LogP contribution is 2.25. The van der Waals surface area contributed by atoms with Crippen LogP contribution in [0.4, 0.5) is 0 Å². The summed E-state index contributed by atoms with van der Waals surface area (Å²) in [5, 5.41) is 3.32. The zero-order chi connectivity index (χ0) is 13.9. The van der Waals surface area contributed by atoms with E-state index >= 15 is 0 Å². The van der Waals surface area contributed by atoms with Gasteiger partial charge in [-0.05, 0) is 26.0 Å². The molecule has 0 unspecified atom stereocenters. The zero-order valence-corrected chi connectivity index (χ0v) is 12.2.